The molecule has 1 heterocycles. The molecule has 1 saturated heterocycles. The molecule has 0 unspecified atom stereocenters. The van der Waals surface area contributed by atoms with Gasteiger partial charge in [-0.25, -0.2) is 4.39 Å². The highest BCUT2D eigenvalue weighted by molar-refractivity contribution is 14.0. The summed E-state index contributed by atoms with van der Waals surface area (Å²) in [5.74, 6) is 1.12. The molecule has 27 heavy (non-hydrogen) atoms. The Hall–Kier alpha value is -1.09. The lowest BCUT2D eigenvalue weighted by molar-refractivity contribution is -0.121. The summed E-state index contributed by atoms with van der Waals surface area (Å²) in [7, 11) is 1.68. The van der Waals surface area contributed by atoms with Crippen molar-refractivity contribution in [2.75, 3.05) is 33.2 Å². The first-order chi connectivity index (χ1) is 12.5. The van der Waals surface area contributed by atoms with Crippen molar-refractivity contribution in [3.05, 3.63) is 34.6 Å². The van der Waals surface area contributed by atoms with Gasteiger partial charge >= 0.3 is 0 Å². The molecule has 0 bridgehead atoms. The van der Waals surface area contributed by atoms with E-state index in [1.165, 1.54) is 12.1 Å². The van der Waals surface area contributed by atoms with E-state index >= 15 is 0 Å². The van der Waals surface area contributed by atoms with E-state index in [1.54, 1.807) is 13.1 Å². The lowest BCUT2D eigenvalue weighted by Crippen LogP contribution is -2.46. The van der Waals surface area contributed by atoms with Crippen molar-refractivity contribution >= 4 is 47.4 Å². The molecule has 0 spiro atoms. The first kappa shape index (κ1) is 23.9. The molecule has 0 saturated carbocycles. The Morgan fingerprint density at radius 2 is 2.07 bits per heavy atom. The minimum absolute atomic E-state index is 0. The molecule has 0 radical (unpaired) electrons. The fraction of sp³-hybridized carbons (Fsp3) is 0.579. The molecule has 0 atom stereocenters. The number of piperidine rings is 1. The van der Waals surface area contributed by atoms with Gasteiger partial charge in [0.05, 0.1) is 0 Å². The van der Waals surface area contributed by atoms with Gasteiger partial charge in [-0.05, 0) is 49.8 Å². The Balaban J connectivity index is 0.00000364. The van der Waals surface area contributed by atoms with Crippen LogP contribution in [0, 0.1) is 11.7 Å². The van der Waals surface area contributed by atoms with E-state index in [9.17, 15) is 9.18 Å². The maximum atomic E-state index is 13.1. The summed E-state index contributed by atoms with van der Waals surface area (Å²) < 4.78 is 13.1. The molecule has 0 aliphatic carbocycles. The summed E-state index contributed by atoms with van der Waals surface area (Å²) in [6, 6.07) is 4.47. The molecular formula is C19H29ClFIN4O. The molecule has 1 fully saturated rings. The van der Waals surface area contributed by atoms with E-state index in [0.29, 0.717) is 30.3 Å². The summed E-state index contributed by atoms with van der Waals surface area (Å²) in [6.07, 6.45) is 3.24. The zero-order valence-electron chi connectivity index (χ0n) is 15.9. The number of nitrogens with one attached hydrogen (secondary N) is 2. The second-order valence-corrected chi connectivity index (χ2v) is 6.94. The van der Waals surface area contributed by atoms with Gasteiger partial charge < -0.3 is 15.5 Å². The summed E-state index contributed by atoms with van der Waals surface area (Å²) in [5.41, 5.74) is 0.900. The van der Waals surface area contributed by atoms with Crippen LogP contribution >= 0.6 is 35.6 Å². The van der Waals surface area contributed by atoms with E-state index in [4.69, 9.17) is 16.6 Å². The van der Waals surface area contributed by atoms with Crippen LogP contribution in [0.5, 0.6) is 0 Å². The molecule has 1 aromatic rings. The van der Waals surface area contributed by atoms with Crippen molar-refractivity contribution in [1.82, 2.24) is 15.5 Å². The van der Waals surface area contributed by atoms with Gasteiger partial charge in [0, 0.05) is 44.7 Å². The molecule has 2 rings (SSSR count). The van der Waals surface area contributed by atoms with Crippen LogP contribution in [0.15, 0.2) is 23.2 Å². The van der Waals surface area contributed by atoms with Gasteiger partial charge in [0.2, 0.25) is 5.91 Å². The van der Waals surface area contributed by atoms with Crippen LogP contribution in [0.3, 0.4) is 0 Å². The summed E-state index contributed by atoms with van der Waals surface area (Å²) in [4.78, 5) is 18.5. The largest absolute Gasteiger partial charge is 0.359 e. The van der Waals surface area contributed by atoms with Gasteiger partial charge in [0.1, 0.15) is 5.82 Å². The molecule has 8 heteroatoms. The maximum Gasteiger partial charge on any atom is 0.220 e. The second kappa shape index (κ2) is 12.4. The summed E-state index contributed by atoms with van der Waals surface area (Å²) >= 11 is 6.08. The number of benzene rings is 1. The van der Waals surface area contributed by atoms with Gasteiger partial charge in [-0.15, -0.1) is 24.0 Å². The Morgan fingerprint density at radius 1 is 1.37 bits per heavy atom. The van der Waals surface area contributed by atoms with E-state index in [0.717, 1.165) is 44.0 Å². The number of halogens is 3. The fourth-order valence-corrected chi connectivity index (χ4v) is 3.41. The average Bonchev–Trinajstić information content (AvgIpc) is 2.63. The summed E-state index contributed by atoms with van der Waals surface area (Å²) in [6.45, 7) is 5.22. The van der Waals surface area contributed by atoms with Crippen LogP contribution in [0.4, 0.5) is 4.39 Å². The number of amides is 1. The van der Waals surface area contributed by atoms with Crippen molar-refractivity contribution in [1.29, 1.82) is 0 Å². The molecule has 152 valence electrons. The number of rotatable bonds is 6. The SMILES string of the molecule is CCNC(=NCCc1ccc(F)cc1Cl)N1CCC(CC(=O)NC)CC1.I. The highest BCUT2D eigenvalue weighted by atomic mass is 127. The van der Waals surface area contributed by atoms with Crippen LogP contribution in [-0.2, 0) is 11.2 Å². The Bertz CT molecular complexity index is 636. The van der Waals surface area contributed by atoms with Crippen molar-refractivity contribution in [2.45, 2.75) is 32.6 Å². The quantitative estimate of drug-likeness (QED) is 0.350. The number of hydrogen-bond acceptors (Lipinski definition) is 2. The Labute approximate surface area is 183 Å². The van der Waals surface area contributed by atoms with Gasteiger partial charge in [-0.1, -0.05) is 17.7 Å². The third kappa shape index (κ3) is 7.81. The van der Waals surface area contributed by atoms with Crippen LogP contribution in [0.1, 0.15) is 31.7 Å². The third-order valence-electron chi connectivity index (χ3n) is 4.66. The van der Waals surface area contributed by atoms with E-state index < -0.39 is 0 Å². The van der Waals surface area contributed by atoms with Gasteiger partial charge in [0.15, 0.2) is 5.96 Å². The highest BCUT2D eigenvalue weighted by Gasteiger charge is 2.23. The van der Waals surface area contributed by atoms with Gasteiger partial charge in [-0.3, -0.25) is 9.79 Å². The molecular weight excluding hydrogens is 482 g/mol. The zero-order chi connectivity index (χ0) is 18.9. The van der Waals surface area contributed by atoms with E-state index in [2.05, 4.69) is 15.5 Å². The number of likely N-dealkylation sites (tertiary alicyclic amines) is 1. The first-order valence-corrected chi connectivity index (χ1v) is 9.59. The smallest absolute Gasteiger partial charge is 0.220 e. The van der Waals surface area contributed by atoms with Crippen molar-refractivity contribution in [3.8, 4) is 0 Å². The number of nitrogens with zero attached hydrogens (tertiary/aromatic N) is 2. The normalized spacial score (nSPS) is 15.3. The lowest BCUT2D eigenvalue weighted by Gasteiger charge is -2.34. The minimum Gasteiger partial charge on any atom is -0.359 e. The Kier molecular flexibility index (Phi) is 11.0. The van der Waals surface area contributed by atoms with E-state index in [1.807, 2.05) is 6.92 Å². The van der Waals surface area contributed by atoms with Crippen LogP contribution in [0.25, 0.3) is 0 Å². The molecule has 5 nitrogen and oxygen atoms in total. The maximum absolute atomic E-state index is 13.1. The zero-order valence-corrected chi connectivity index (χ0v) is 19.0. The average molecular weight is 511 g/mol. The van der Waals surface area contributed by atoms with Gasteiger partial charge in [0.25, 0.3) is 0 Å². The molecule has 1 amide bonds. The predicted octanol–water partition coefficient (Wildman–Crippen LogP) is 3.45. The third-order valence-corrected chi connectivity index (χ3v) is 5.01. The number of guanidine groups is 1. The molecule has 1 aliphatic heterocycles. The predicted molar refractivity (Wildman–Crippen MR) is 119 cm³/mol. The highest BCUT2D eigenvalue weighted by Crippen LogP contribution is 2.21. The number of hydrogen-bond donors (Lipinski definition) is 2. The number of aliphatic imine (C=N–C) groups is 1. The molecule has 1 aromatic carbocycles. The first-order valence-electron chi connectivity index (χ1n) is 9.21. The van der Waals surface area contributed by atoms with Crippen molar-refractivity contribution < 1.29 is 9.18 Å². The Morgan fingerprint density at radius 3 is 2.67 bits per heavy atom. The van der Waals surface area contributed by atoms with Crippen LogP contribution < -0.4 is 10.6 Å². The summed E-state index contributed by atoms with van der Waals surface area (Å²) in [5, 5.41) is 6.47. The standard InChI is InChI=1S/C19H28ClFN4O.HI/c1-3-23-19(24-9-6-15-4-5-16(21)13-17(15)20)25-10-7-14(8-11-25)12-18(26)22-2;/h4-5,13-14H,3,6-12H2,1-2H3,(H,22,26)(H,23,24);1H. The topological polar surface area (TPSA) is 56.7 Å². The second-order valence-electron chi connectivity index (χ2n) is 6.53. The van der Waals surface area contributed by atoms with Crippen LogP contribution in [0.2, 0.25) is 5.02 Å². The number of carbonyl (C=O) groups is 1. The van der Waals surface area contributed by atoms with Gasteiger partial charge in [-0.2, -0.15) is 0 Å². The molecule has 2 N–H and O–H groups in total. The molecule has 0 aromatic heterocycles. The fourth-order valence-electron chi connectivity index (χ4n) is 3.15. The monoisotopic (exact) mass is 510 g/mol. The van der Waals surface area contributed by atoms with Crippen LogP contribution in [-0.4, -0.2) is 50.0 Å². The lowest BCUT2D eigenvalue weighted by atomic mass is 9.93. The van der Waals surface area contributed by atoms with Crippen molar-refractivity contribution in [2.24, 2.45) is 10.9 Å². The minimum atomic E-state index is -0.324. The van der Waals surface area contributed by atoms with E-state index in [-0.39, 0.29) is 35.7 Å². The number of carbonyl (C=O) groups excluding carboxylic acids is 1. The molecule has 1 aliphatic rings. The van der Waals surface area contributed by atoms with Crippen molar-refractivity contribution in [3.63, 3.8) is 0 Å².